The Morgan fingerprint density at radius 2 is 1.79 bits per heavy atom. The van der Waals surface area contributed by atoms with Crippen molar-refractivity contribution in [2.75, 3.05) is 5.73 Å². The third kappa shape index (κ3) is 2.48. The van der Waals surface area contributed by atoms with Crippen molar-refractivity contribution in [3.8, 4) is 21.8 Å². The highest BCUT2D eigenvalue weighted by molar-refractivity contribution is 7.13. The van der Waals surface area contributed by atoms with E-state index in [1.54, 1.807) is 6.07 Å². The SMILES string of the molecule is Nc1ccc(-c2csc(-c3cccc(F)c3)n2)cc1. The molecule has 0 aliphatic heterocycles. The molecular weight excluding hydrogens is 259 g/mol. The Labute approximate surface area is 114 Å². The Hall–Kier alpha value is -2.20. The van der Waals surface area contributed by atoms with Gasteiger partial charge < -0.3 is 5.73 Å². The highest BCUT2D eigenvalue weighted by atomic mass is 32.1. The van der Waals surface area contributed by atoms with E-state index in [9.17, 15) is 4.39 Å². The average molecular weight is 270 g/mol. The monoisotopic (exact) mass is 270 g/mol. The van der Waals surface area contributed by atoms with E-state index in [-0.39, 0.29) is 5.82 Å². The number of anilines is 1. The van der Waals surface area contributed by atoms with Gasteiger partial charge in [0, 0.05) is 22.2 Å². The van der Waals surface area contributed by atoms with Crippen LogP contribution in [0, 0.1) is 5.82 Å². The molecule has 1 heterocycles. The number of nitrogens with zero attached hydrogens (tertiary/aromatic N) is 1. The fourth-order valence-corrected chi connectivity index (χ4v) is 2.64. The van der Waals surface area contributed by atoms with Gasteiger partial charge in [-0.05, 0) is 24.3 Å². The summed E-state index contributed by atoms with van der Waals surface area (Å²) in [6.07, 6.45) is 0. The minimum absolute atomic E-state index is 0.248. The van der Waals surface area contributed by atoms with Crippen molar-refractivity contribution in [1.29, 1.82) is 0 Å². The van der Waals surface area contributed by atoms with Crippen molar-refractivity contribution in [3.63, 3.8) is 0 Å². The molecular formula is C15H11FN2S. The van der Waals surface area contributed by atoms with Crippen LogP contribution in [0.25, 0.3) is 21.8 Å². The third-order valence-corrected chi connectivity index (χ3v) is 3.67. The smallest absolute Gasteiger partial charge is 0.124 e. The summed E-state index contributed by atoms with van der Waals surface area (Å²) >= 11 is 1.50. The maximum atomic E-state index is 13.2. The molecule has 3 rings (SSSR count). The van der Waals surface area contributed by atoms with E-state index in [2.05, 4.69) is 4.98 Å². The number of hydrogen-bond acceptors (Lipinski definition) is 3. The van der Waals surface area contributed by atoms with E-state index >= 15 is 0 Å². The molecule has 0 saturated carbocycles. The van der Waals surface area contributed by atoms with Crippen molar-refractivity contribution in [2.24, 2.45) is 0 Å². The van der Waals surface area contributed by atoms with E-state index < -0.39 is 0 Å². The normalized spacial score (nSPS) is 10.6. The molecule has 0 spiro atoms. The highest BCUT2D eigenvalue weighted by Gasteiger charge is 2.07. The van der Waals surface area contributed by atoms with Gasteiger partial charge in [-0.1, -0.05) is 24.3 Å². The quantitative estimate of drug-likeness (QED) is 0.709. The summed E-state index contributed by atoms with van der Waals surface area (Å²) in [5, 5.41) is 2.78. The van der Waals surface area contributed by atoms with Crippen LogP contribution in [0.4, 0.5) is 10.1 Å². The second-order valence-electron chi connectivity index (χ2n) is 4.17. The predicted octanol–water partition coefficient (Wildman–Crippen LogP) is 4.20. The molecule has 4 heteroatoms. The zero-order chi connectivity index (χ0) is 13.2. The number of thiazole rings is 1. The van der Waals surface area contributed by atoms with Crippen LogP contribution < -0.4 is 5.73 Å². The Bertz CT molecular complexity index is 704. The number of benzene rings is 2. The van der Waals surface area contributed by atoms with Gasteiger partial charge in [0.2, 0.25) is 0 Å². The zero-order valence-electron chi connectivity index (χ0n) is 10.0. The van der Waals surface area contributed by atoms with Crippen LogP contribution in [-0.2, 0) is 0 Å². The number of nitrogens with two attached hydrogens (primary N) is 1. The van der Waals surface area contributed by atoms with E-state index in [1.807, 2.05) is 35.7 Å². The van der Waals surface area contributed by atoms with Gasteiger partial charge in [-0.15, -0.1) is 11.3 Å². The van der Waals surface area contributed by atoms with Gasteiger partial charge in [0.05, 0.1) is 5.69 Å². The Morgan fingerprint density at radius 1 is 1.00 bits per heavy atom. The molecule has 0 amide bonds. The summed E-state index contributed by atoms with van der Waals surface area (Å²) in [5.41, 5.74) is 9.07. The van der Waals surface area contributed by atoms with Gasteiger partial charge in [0.25, 0.3) is 0 Å². The first-order valence-corrected chi connectivity index (χ1v) is 6.68. The molecule has 2 N–H and O–H groups in total. The van der Waals surface area contributed by atoms with Gasteiger partial charge in [0.1, 0.15) is 10.8 Å². The van der Waals surface area contributed by atoms with Crippen LogP contribution >= 0.6 is 11.3 Å². The van der Waals surface area contributed by atoms with Crippen LogP contribution in [0.15, 0.2) is 53.9 Å². The van der Waals surface area contributed by atoms with Crippen molar-refractivity contribution < 1.29 is 4.39 Å². The largest absolute Gasteiger partial charge is 0.399 e. The number of aromatic nitrogens is 1. The first-order valence-electron chi connectivity index (χ1n) is 5.80. The summed E-state index contributed by atoms with van der Waals surface area (Å²) in [6, 6.07) is 14.0. The maximum Gasteiger partial charge on any atom is 0.124 e. The maximum absolute atomic E-state index is 13.2. The topological polar surface area (TPSA) is 38.9 Å². The lowest BCUT2D eigenvalue weighted by atomic mass is 10.1. The first kappa shape index (κ1) is 11.9. The van der Waals surface area contributed by atoms with Crippen LogP contribution in [0.3, 0.4) is 0 Å². The number of halogens is 1. The zero-order valence-corrected chi connectivity index (χ0v) is 10.8. The lowest BCUT2D eigenvalue weighted by Gasteiger charge is -1.98. The Kier molecular flexibility index (Phi) is 3.01. The predicted molar refractivity (Wildman–Crippen MR) is 77.4 cm³/mol. The van der Waals surface area contributed by atoms with E-state index in [0.717, 1.165) is 27.5 Å². The van der Waals surface area contributed by atoms with Crippen molar-refractivity contribution >= 4 is 17.0 Å². The molecule has 0 saturated heterocycles. The molecule has 0 bridgehead atoms. The first-order chi connectivity index (χ1) is 9.22. The molecule has 19 heavy (non-hydrogen) atoms. The van der Waals surface area contributed by atoms with Crippen LogP contribution in [0.1, 0.15) is 0 Å². The lowest BCUT2D eigenvalue weighted by molar-refractivity contribution is 0.628. The average Bonchev–Trinajstić information content (AvgIpc) is 2.89. The molecule has 1 aromatic heterocycles. The van der Waals surface area contributed by atoms with E-state index in [1.165, 1.54) is 23.5 Å². The molecule has 2 nitrogen and oxygen atoms in total. The van der Waals surface area contributed by atoms with Crippen molar-refractivity contribution in [1.82, 2.24) is 4.98 Å². The number of rotatable bonds is 2. The molecule has 3 aromatic rings. The van der Waals surface area contributed by atoms with E-state index in [4.69, 9.17) is 5.73 Å². The summed E-state index contributed by atoms with van der Waals surface area (Å²) < 4.78 is 13.2. The summed E-state index contributed by atoms with van der Waals surface area (Å²) in [5.74, 6) is -0.248. The summed E-state index contributed by atoms with van der Waals surface area (Å²) in [4.78, 5) is 4.53. The van der Waals surface area contributed by atoms with Gasteiger partial charge in [-0.25, -0.2) is 9.37 Å². The fourth-order valence-electron chi connectivity index (χ4n) is 1.81. The van der Waals surface area contributed by atoms with Crippen molar-refractivity contribution in [3.05, 3.63) is 59.7 Å². The number of nitrogen functional groups attached to an aromatic ring is 1. The number of hydrogen-bond donors (Lipinski definition) is 1. The molecule has 0 radical (unpaired) electrons. The standard InChI is InChI=1S/C15H11FN2S/c16-12-3-1-2-11(8-12)15-18-14(9-19-15)10-4-6-13(17)7-5-10/h1-9H,17H2. The minimum atomic E-state index is -0.248. The second-order valence-corrected chi connectivity index (χ2v) is 5.03. The minimum Gasteiger partial charge on any atom is -0.399 e. The Balaban J connectivity index is 1.97. The van der Waals surface area contributed by atoms with Gasteiger partial charge >= 0.3 is 0 Å². The van der Waals surface area contributed by atoms with Crippen LogP contribution in [0.2, 0.25) is 0 Å². The molecule has 0 aliphatic rings. The molecule has 0 atom stereocenters. The molecule has 0 aliphatic carbocycles. The van der Waals surface area contributed by atoms with Gasteiger partial charge in [-0.3, -0.25) is 0 Å². The fraction of sp³-hybridized carbons (Fsp3) is 0. The van der Waals surface area contributed by atoms with Crippen LogP contribution in [0.5, 0.6) is 0 Å². The molecule has 94 valence electrons. The van der Waals surface area contributed by atoms with Crippen LogP contribution in [-0.4, -0.2) is 4.98 Å². The third-order valence-electron chi connectivity index (χ3n) is 2.78. The molecule has 0 unspecified atom stereocenters. The van der Waals surface area contributed by atoms with Gasteiger partial charge in [-0.2, -0.15) is 0 Å². The molecule has 2 aromatic carbocycles. The van der Waals surface area contributed by atoms with E-state index in [0.29, 0.717) is 0 Å². The lowest BCUT2D eigenvalue weighted by Crippen LogP contribution is -1.84. The highest BCUT2D eigenvalue weighted by Crippen LogP contribution is 2.29. The van der Waals surface area contributed by atoms with Crippen molar-refractivity contribution in [2.45, 2.75) is 0 Å². The van der Waals surface area contributed by atoms with Gasteiger partial charge in [0.15, 0.2) is 0 Å². The molecule has 0 fully saturated rings. The Morgan fingerprint density at radius 3 is 2.53 bits per heavy atom. The summed E-state index contributed by atoms with van der Waals surface area (Å²) in [7, 11) is 0. The second kappa shape index (κ2) is 4.82. The summed E-state index contributed by atoms with van der Waals surface area (Å²) in [6.45, 7) is 0.